The van der Waals surface area contributed by atoms with E-state index in [-0.39, 0.29) is 11.5 Å². The summed E-state index contributed by atoms with van der Waals surface area (Å²) in [7, 11) is 0. The highest BCUT2D eigenvalue weighted by molar-refractivity contribution is 5.98. The van der Waals surface area contributed by atoms with Crippen LogP contribution in [-0.2, 0) is 0 Å². The molecular formula is C20H22N2O3. The fraction of sp³-hybridized carbons (Fsp3) is 0.300. The number of benzene rings is 2. The molecule has 1 amide bonds. The highest BCUT2D eigenvalue weighted by Crippen LogP contribution is 2.29. The van der Waals surface area contributed by atoms with Gasteiger partial charge in [-0.3, -0.25) is 4.79 Å². The van der Waals surface area contributed by atoms with E-state index in [9.17, 15) is 14.7 Å². The first kappa shape index (κ1) is 17.0. The van der Waals surface area contributed by atoms with Gasteiger partial charge in [0.25, 0.3) is 5.91 Å². The summed E-state index contributed by atoms with van der Waals surface area (Å²) in [4.78, 5) is 25.8. The van der Waals surface area contributed by atoms with Gasteiger partial charge >= 0.3 is 5.97 Å². The summed E-state index contributed by atoms with van der Waals surface area (Å²) in [5.41, 5.74) is 9.02. The zero-order valence-electron chi connectivity index (χ0n) is 14.2. The molecule has 3 rings (SSSR count). The number of likely N-dealkylation sites (tertiary alicyclic amines) is 1. The quantitative estimate of drug-likeness (QED) is 0.841. The summed E-state index contributed by atoms with van der Waals surface area (Å²) >= 11 is 0. The van der Waals surface area contributed by atoms with Crippen LogP contribution in [0.25, 0.3) is 0 Å². The number of hydrogen-bond donors (Lipinski definition) is 2. The van der Waals surface area contributed by atoms with Crippen molar-refractivity contribution in [1.82, 2.24) is 4.90 Å². The first-order valence-electron chi connectivity index (χ1n) is 8.44. The average molecular weight is 338 g/mol. The number of piperidine rings is 1. The Labute approximate surface area is 147 Å². The van der Waals surface area contributed by atoms with E-state index < -0.39 is 5.97 Å². The lowest BCUT2D eigenvalue weighted by molar-refractivity contribution is 0.0696. The summed E-state index contributed by atoms with van der Waals surface area (Å²) in [6.45, 7) is 3.07. The molecule has 0 unspecified atom stereocenters. The van der Waals surface area contributed by atoms with Crippen molar-refractivity contribution in [3.8, 4) is 0 Å². The van der Waals surface area contributed by atoms with Crippen LogP contribution in [0.2, 0.25) is 0 Å². The van der Waals surface area contributed by atoms with E-state index >= 15 is 0 Å². The minimum absolute atomic E-state index is 0.0988. The maximum Gasteiger partial charge on any atom is 0.335 e. The third-order valence-electron chi connectivity index (χ3n) is 4.90. The molecule has 25 heavy (non-hydrogen) atoms. The van der Waals surface area contributed by atoms with Crippen molar-refractivity contribution >= 4 is 17.6 Å². The SMILES string of the molecule is Cc1ccc(C(=O)N2CCC(c3ccc(N)cc3)CC2)cc1C(=O)O. The number of carbonyl (C=O) groups is 2. The van der Waals surface area contributed by atoms with Crippen LogP contribution in [-0.4, -0.2) is 35.0 Å². The number of nitrogens with zero attached hydrogens (tertiary/aromatic N) is 1. The second-order valence-corrected chi connectivity index (χ2v) is 6.57. The van der Waals surface area contributed by atoms with Crippen molar-refractivity contribution in [2.45, 2.75) is 25.7 Å². The molecule has 0 radical (unpaired) electrons. The molecule has 2 aromatic rings. The van der Waals surface area contributed by atoms with Crippen molar-refractivity contribution in [3.05, 3.63) is 64.7 Å². The summed E-state index contributed by atoms with van der Waals surface area (Å²) in [5.74, 6) is -0.676. The number of hydrogen-bond acceptors (Lipinski definition) is 3. The Balaban J connectivity index is 1.68. The van der Waals surface area contributed by atoms with Gasteiger partial charge in [0.15, 0.2) is 0 Å². The molecule has 5 nitrogen and oxygen atoms in total. The summed E-state index contributed by atoms with van der Waals surface area (Å²) in [6, 6.07) is 12.8. The number of carboxylic acid groups (broad SMARTS) is 1. The minimum atomic E-state index is -1.01. The standard InChI is InChI=1S/C20H22N2O3/c1-13-2-3-16(12-18(13)20(24)25)19(23)22-10-8-15(9-11-22)14-4-6-17(21)7-5-14/h2-7,12,15H,8-11,21H2,1H3,(H,24,25). The molecule has 5 heteroatoms. The Hall–Kier alpha value is -2.82. The molecule has 1 aliphatic rings. The molecule has 0 aliphatic carbocycles. The van der Waals surface area contributed by atoms with Gasteiger partial charge in [0.2, 0.25) is 0 Å². The smallest absolute Gasteiger partial charge is 0.335 e. The molecule has 0 spiro atoms. The van der Waals surface area contributed by atoms with E-state index in [1.165, 1.54) is 11.6 Å². The predicted octanol–water partition coefficient (Wildman–Crippen LogP) is 3.30. The van der Waals surface area contributed by atoms with Crippen molar-refractivity contribution in [2.24, 2.45) is 0 Å². The normalized spacial score (nSPS) is 15.2. The van der Waals surface area contributed by atoms with Gasteiger partial charge in [-0.05, 0) is 61.1 Å². The third-order valence-corrected chi connectivity index (χ3v) is 4.90. The summed E-state index contributed by atoms with van der Waals surface area (Å²) < 4.78 is 0. The van der Waals surface area contributed by atoms with E-state index in [1.54, 1.807) is 19.1 Å². The molecule has 2 aromatic carbocycles. The van der Waals surface area contributed by atoms with Gasteiger partial charge in [-0.15, -0.1) is 0 Å². The molecule has 130 valence electrons. The molecule has 0 atom stereocenters. The van der Waals surface area contributed by atoms with Gasteiger partial charge < -0.3 is 15.7 Å². The number of nitrogens with two attached hydrogens (primary N) is 1. The van der Waals surface area contributed by atoms with Crippen LogP contribution < -0.4 is 5.73 Å². The Morgan fingerprint density at radius 2 is 1.72 bits per heavy atom. The minimum Gasteiger partial charge on any atom is -0.478 e. The van der Waals surface area contributed by atoms with Gasteiger partial charge in [-0.25, -0.2) is 4.79 Å². The van der Waals surface area contributed by atoms with E-state index in [4.69, 9.17) is 5.73 Å². The number of anilines is 1. The van der Waals surface area contributed by atoms with Gasteiger partial charge in [-0.1, -0.05) is 18.2 Å². The maximum atomic E-state index is 12.7. The Kier molecular flexibility index (Phi) is 4.74. The lowest BCUT2D eigenvalue weighted by Crippen LogP contribution is -2.38. The van der Waals surface area contributed by atoms with E-state index in [0.29, 0.717) is 30.1 Å². The number of amides is 1. The van der Waals surface area contributed by atoms with Gasteiger partial charge in [0, 0.05) is 24.3 Å². The van der Waals surface area contributed by atoms with Crippen LogP contribution in [0.5, 0.6) is 0 Å². The highest BCUT2D eigenvalue weighted by atomic mass is 16.4. The molecule has 0 aromatic heterocycles. The first-order chi connectivity index (χ1) is 12.0. The summed E-state index contributed by atoms with van der Waals surface area (Å²) in [6.07, 6.45) is 1.79. The molecule has 0 saturated carbocycles. The fourth-order valence-corrected chi connectivity index (χ4v) is 3.35. The van der Waals surface area contributed by atoms with Crippen molar-refractivity contribution in [2.75, 3.05) is 18.8 Å². The molecule has 1 heterocycles. The zero-order valence-corrected chi connectivity index (χ0v) is 14.2. The second kappa shape index (κ2) is 6.97. The van der Waals surface area contributed by atoms with Gasteiger partial charge in [0.1, 0.15) is 0 Å². The van der Waals surface area contributed by atoms with Crippen LogP contribution in [0.4, 0.5) is 5.69 Å². The van der Waals surface area contributed by atoms with Crippen molar-refractivity contribution < 1.29 is 14.7 Å². The molecule has 0 bridgehead atoms. The second-order valence-electron chi connectivity index (χ2n) is 6.57. The molecule has 3 N–H and O–H groups in total. The number of rotatable bonds is 3. The number of carboxylic acids is 1. The number of aromatic carboxylic acids is 1. The monoisotopic (exact) mass is 338 g/mol. The maximum absolute atomic E-state index is 12.7. The Bertz CT molecular complexity index is 791. The fourth-order valence-electron chi connectivity index (χ4n) is 3.35. The Morgan fingerprint density at radius 1 is 1.08 bits per heavy atom. The Morgan fingerprint density at radius 3 is 2.32 bits per heavy atom. The summed E-state index contributed by atoms with van der Waals surface area (Å²) in [5, 5.41) is 9.23. The van der Waals surface area contributed by atoms with Gasteiger partial charge in [0.05, 0.1) is 5.56 Å². The molecular weight excluding hydrogens is 316 g/mol. The predicted molar refractivity (Wildman–Crippen MR) is 96.9 cm³/mol. The first-order valence-corrected chi connectivity index (χ1v) is 8.44. The molecule has 1 saturated heterocycles. The highest BCUT2D eigenvalue weighted by Gasteiger charge is 2.25. The largest absolute Gasteiger partial charge is 0.478 e. The number of nitrogen functional groups attached to an aromatic ring is 1. The van der Waals surface area contributed by atoms with Crippen molar-refractivity contribution in [1.29, 1.82) is 0 Å². The number of carbonyl (C=O) groups excluding carboxylic acids is 1. The average Bonchev–Trinajstić information content (AvgIpc) is 2.62. The molecule has 1 aliphatic heterocycles. The third kappa shape index (κ3) is 3.65. The van der Waals surface area contributed by atoms with Crippen LogP contribution in [0.15, 0.2) is 42.5 Å². The lowest BCUT2D eigenvalue weighted by atomic mass is 9.89. The van der Waals surface area contributed by atoms with E-state index in [0.717, 1.165) is 18.5 Å². The van der Waals surface area contributed by atoms with Gasteiger partial charge in [-0.2, -0.15) is 0 Å². The zero-order chi connectivity index (χ0) is 18.0. The number of aryl methyl sites for hydroxylation is 1. The van der Waals surface area contributed by atoms with E-state index in [2.05, 4.69) is 12.1 Å². The lowest BCUT2D eigenvalue weighted by Gasteiger charge is -2.32. The van der Waals surface area contributed by atoms with Crippen molar-refractivity contribution in [3.63, 3.8) is 0 Å². The molecule has 1 fully saturated rings. The van der Waals surface area contributed by atoms with Crippen LogP contribution in [0.1, 0.15) is 50.6 Å². The van der Waals surface area contributed by atoms with E-state index in [1.807, 2.05) is 17.0 Å². The van der Waals surface area contributed by atoms with Crippen LogP contribution >= 0.6 is 0 Å². The van der Waals surface area contributed by atoms with Crippen LogP contribution in [0, 0.1) is 6.92 Å². The topological polar surface area (TPSA) is 83.6 Å². The van der Waals surface area contributed by atoms with Crippen LogP contribution in [0.3, 0.4) is 0 Å².